The molecule has 2 heterocycles. The van der Waals surface area contributed by atoms with Crippen LogP contribution in [0.15, 0.2) is 59.5 Å². The van der Waals surface area contributed by atoms with Crippen molar-refractivity contribution >= 4 is 27.7 Å². The van der Waals surface area contributed by atoms with Gasteiger partial charge in [0.25, 0.3) is 5.91 Å². The van der Waals surface area contributed by atoms with Gasteiger partial charge in [0.15, 0.2) is 9.84 Å². The molecule has 0 radical (unpaired) electrons. The molecule has 4 N–H and O–H groups in total. The van der Waals surface area contributed by atoms with E-state index in [-0.39, 0.29) is 28.8 Å². The Morgan fingerprint density at radius 3 is 2.12 bits per heavy atom. The molecule has 1 atom stereocenters. The molecule has 11 heteroatoms. The minimum Gasteiger partial charge on any atom is -0.481 e. The highest BCUT2D eigenvalue weighted by molar-refractivity contribution is 7.90. The minimum absolute atomic E-state index is 0.0283. The number of piperidine rings is 1. The van der Waals surface area contributed by atoms with Gasteiger partial charge < -0.3 is 21.1 Å². The van der Waals surface area contributed by atoms with Crippen LogP contribution in [-0.4, -0.2) is 72.7 Å². The van der Waals surface area contributed by atoms with Gasteiger partial charge in [-0.15, -0.1) is 0 Å². The van der Waals surface area contributed by atoms with Crippen molar-refractivity contribution in [1.82, 2.24) is 15.1 Å². The summed E-state index contributed by atoms with van der Waals surface area (Å²) in [5.74, 6) is -0.854. The number of aliphatic carboxylic acids is 1. The fourth-order valence-electron chi connectivity index (χ4n) is 4.93. The van der Waals surface area contributed by atoms with Crippen LogP contribution in [0.2, 0.25) is 0 Å². The molecule has 2 saturated heterocycles. The number of rotatable bonds is 8. The molecule has 1 saturated carbocycles. The zero-order chi connectivity index (χ0) is 29.1. The molecule has 0 aromatic heterocycles. The van der Waals surface area contributed by atoms with Crippen LogP contribution in [0, 0.1) is 5.41 Å². The first kappa shape index (κ1) is 29.7. The third-order valence-corrected chi connectivity index (χ3v) is 9.28. The maximum atomic E-state index is 13.2. The summed E-state index contributed by atoms with van der Waals surface area (Å²) >= 11 is 0. The summed E-state index contributed by atoms with van der Waals surface area (Å²) in [6.45, 7) is 4.15. The van der Waals surface area contributed by atoms with Gasteiger partial charge in [0.2, 0.25) is 0 Å². The van der Waals surface area contributed by atoms with Gasteiger partial charge in [-0.05, 0) is 68.8 Å². The van der Waals surface area contributed by atoms with Crippen molar-refractivity contribution in [3.63, 3.8) is 0 Å². The molecule has 5 rings (SSSR count). The zero-order valence-electron chi connectivity index (χ0n) is 23.0. The number of nitrogens with zero attached hydrogens (tertiary/aromatic N) is 2. The molecule has 2 aromatic carbocycles. The lowest BCUT2D eigenvalue weighted by atomic mass is 9.87. The summed E-state index contributed by atoms with van der Waals surface area (Å²) in [5, 5.41) is 11.2. The largest absolute Gasteiger partial charge is 0.481 e. The Balaban J connectivity index is 0.000000461. The number of amides is 3. The lowest BCUT2D eigenvalue weighted by Gasteiger charge is -2.37. The second-order valence-corrected chi connectivity index (χ2v) is 13.3. The van der Waals surface area contributed by atoms with Crippen LogP contribution < -0.4 is 11.1 Å². The molecule has 2 aliphatic heterocycles. The van der Waals surface area contributed by atoms with E-state index in [1.165, 1.54) is 17.0 Å². The van der Waals surface area contributed by atoms with Crippen molar-refractivity contribution in [2.75, 3.05) is 25.9 Å². The summed E-state index contributed by atoms with van der Waals surface area (Å²) in [5.41, 5.74) is 6.94. The van der Waals surface area contributed by atoms with Crippen molar-refractivity contribution in [2.24, 2.45) is 11.1 Å². The molecule has 10 nitrogen and oxygen atoms in total. The highest BCUT2D eigenvalue weighted by atomic mass is 32.2. The van der Waals surface area contributed by atoms with Gasteiger partial charge in [0.1, 0.15) is 5.54 Å². The predicted molar refractivity (Wildman–Crippen MR) is 150 cm³/mol. The van der Waals surface area contributed by atoms with Crippen LogP contribution in [0.4, 0.5) is 4.79 Å². The SMILES string of the molecule is CC1(C(=O)O)CC1.CS(=O)(=O)c1ccc(CN2C(=O)NC3(CCN(CC[C@H](N)c4ccccc4)CC3)C2=O)cc1. The van der Waals surface area contributed by atoms with Crippen LogP contribution in [0.3, 0.4) is 0 Å². The molecule has 1 spiro atoms. The van der Waals surface area contributed by atoms with Gasteiger partial charge in [-0.3, -0.25) is 14.5 Å². The van der Waals surface area contributed by atoms with E-state index in [2.05, 4.69) is 10.2 Å². The van der Waals surface area contributed by atoms with Gasteiger partial charge >= 0.3 is 12.0 Å². The maximum Gasteiger partial charge on any atom is 0.325 e. The van der Waals surface area contributed by atoms with E-state index in [4.69, 9.17) is 10.8 Å². The first-order chi connectivity index (χ1) is 18.8. The second-order valence-electron chi connectivity index (χ2n) is 11.3. The van der Waals surface area contributed by atoms with Crippen LogP contribution in [-0.2, 0) is 26.0 Å². The number of carbonyl (C=O) groups excluding carboxylic acids is 2. The number of urea groups is 1. The summed E-state index contributed by atoms with van der Waals surface area (Å²) in [4.78, 5) is 39.6. The lowest BCUT2D eigenvalue weighted by Crippen LogP contribution is -2.55. The average Bonchev–Trinajstić information content (AvgIpc) is 3.65. The summed E-state index contributed by atoms with van der Waals surface area (Å²) < 4.78 is 23.3. The van der Waals surface area contributed by atoms with Gasteiger partial charge in [-0.1, -0.05) is 42.5 Å². The molecular formula is C29H38N4O6S. The first-order valence-corrected chi connectivity index (χ1v) is 15.4. The van der Waals surface area contributed by atoms with Crippen LogP contribution >= 0.6 is 0 Å². The van der Waals surface area contributed by atoms with Crippen molar-refractivity contribution < 1.29 is 27.9 Å². The molecule has 3 fully saturated rings. The highest BCUT2D eigenvalue weighted by Crippen LogP contribution is 2.44. The van der Waals surface area contributed by atoms with Crippen LogP contribution in [0.25, 0.3) is 0 Å². The summed E-state index contributed by atoms with van der Waals surface area (Å²) in [6, 6.07) is 15.9. The van der Waals surface area contributed by atoms with Crippen molar-refractivity contribution in [3.8, 4) is 0 Å². The second kappa shape index (κ2) is 11.7. The molecule has 3 amide bonds. The first-order valence-electron chi connectivity index (χ1n) is 13.5. The van der Waals surface area contributed by atoms with Crippen molar-refractivity contribution in [2.45, 2.75) is 62.0 Å². The molecule has 216 valence electrons. The number of likely N-dealkylation sites (tertiary alicyclic amines) is 1. The third-order valence-electron chi connectivity index (χ3n) is 8.15. The number of carboxylic acids is 1. The molecule has 40 heavy (non-hydrogen) atoms. The Labute approximate surface area is 235 Å². The van der Waals surface area contributed by atoms with E-state index in [1.807, 2.05) is 30.3 Å². The fraction of sp³-hybridized carbons (Fsp3) is 0.483. The zero-order valence-corrected chi connectivity index (χ0v) is 23.8. The number of nitrogens with two attached hydrogens (primary N) is 1. The number of nitrogens with one attached hydrogen (secondary N) is 1. The topological polar surface area (TPSA) is 150 Å². The van der Waals surface area contributed by atoms with Crippen LogP contribution in [0.1, 0.15) is 56.2 Å². The van der Waals surface area contributed by atoms with Gasteiger partial charge in [0, 0.05) is 25.4 Å². The van der Waals surface area contributed by atoms with Gasteiger partial charge in [-0.2, -0.15) is 0 Å². The van der Waals surface area contributed by atoms with E-state index in [0.29, 0.717) is 31.5 Å². The number of carbonyl (C=O) groups is 3. The van der Waals surface area contributed by atoms with Gasteiger partial charge in [-0.25, -0.2) is 13.2 Å². The third kappa shape index (κ3) is 6.89. The molecule has 3 aliphatic rings. The smallest absolute Gasteiger partial charge is 0.325 e. The number of hydrogen-bond acceptors (Lipinski definition) is 7. The Morgan fingerprint density at radius 1 is 1.02 bits per heavy atom. The standard InChI is InChI=1S/C24H30N4O4S.C5H8O2/c1-33(31,32)20-9-7-18(8-10-20)17-28-22(29)24(26-23(28)30)12-15-27(16-13-24)14-11-21(25)19-5-3-2-4-6-19;1-5(2-3-5)4(6)7/h2-10,21H,11-17,25H2,1H3,(H,26,30);2-3H2,1H3,(H,6,7)/t21-;/m0./s1. The number of carboxylic acid groups (broad SMARTS) is 1. The molecule has 2 aromatic rings. The number of imide groups is 1. The van der Waals surface area contributed by atoms with Crippen molar-refractivity contribution in [1.29, 1.82) is 0 Å². The fourth-order valence-corrected chi connectivity index (χ4v) is 5.56. The Kier molecular flexibility index (Phi) is 8.67. The average molecular weight is 571 g/mol. The Morgan fingerprint density at radius 2 is 1.62 bits per heavy atom. The number of hydrogen-bond donors (Lipinski definition) is 3. The van der Waals surface area contributed by atoms with E-state index in [0.717, 1.165) is 37.6 Å². The number of sulfone groups is 1. The Bertz CT molecular complexity index is 1330. The normalized spacial score (nSPS) is 20.4. The molecule has 0 bridgehead atoms. The molecule has 1 aliphatic carbocycles. The van der Waals surface area contributed by atoms with E-state index in [1.54, 1.807) is 19.1 Å². The lowest BCUT2D eigenvalue weighted by molar-refractivity contribution is -0.142. The minimum atomic E-state index is -3.29. The van der Waals surface area contributed by atoms with Gasteiger partial charge in [0.05, 0.1) is 16.9 Å². The number of benzene rings is 2. The highest BCUT2D eigenvalue weighted by Gasteiger charge is 2.52. The molecule has 0 unspecified atom stereocenters. The predicted octanol–water partition coefficient (Wildman–Crippen LogP) is 2.94. The Hall–Kier alpha value is -3.28. The van der Waals surface area contributed by atoms with E-state index >= 15 is 0 Å². The molecular weight excluding hydrogens is 532 g/mol. The maximum absolute atomic E-state index is 13.2. The summed E-state index contributed by atoms with van der Waals surface area (Å²) in [6.07, 6.45) is 4.81. The quantitative estimate of drug-likeness (QED) is 0.410. The van der Waals surface area contributed by atoms with E-state index < -0.39 is 27.4 Å². The summed E-state index contributed by atoms with van der Waals surface area (Å²) in [7, 11) is -3.29. The van der Waals surface area contributed by atoms with E-state index in [9.17, 15) is 22.8 Å². The van der Waals surface area contributed by atoms with Crippen LogP contribution in [0.5, 0.6) is 0 Å². The monoisotopic (exact) mass is 570 g/mol. The van der Waals surface area contributed by atoms with Crippen molar-refractivity contribution in [3.05, 3.63) is 65.7 Å².